The molecule has 2 aromatic carbocycles. The van der Waals surface area contributed by atoms with E-state index < -0.39 is 0 Å². The fourth-order valence-corrected chi connectivity index (χ4v) is 2.49. The lowest BCUT2D eigenvalue weighted by atomic mass is 10.2. The second-order valence-corrected chi connectivity index (χ2v) is 6.13. The summed E-state index contributed by atoms with van der Waals surface area (Å²) >= 11 is 0. The van der Waals surface area contributed by atoms with Crippen LogP contribution >= 0.6 is 0 Å². The van der Waals surface area contributed by atoms with Gasteiger partial charge in [0.25, 0.3) is 0 Å². The fourth-order valence-electron chi connectivity index (χ4n) is 2.49. The molecule has 0 heterocycles. The summed E-state index contributed by atoms with van der Waals surface area (Å²) in [5.74, 6) is 0.0239. The van der Waals surface area contributed by atoms with Crippen molar-refractivity contribution in [3.05, 3.63) is 59.7 Å². The predicted molar refractivity (Wildman–Crippen MR) is 105 cm³/mol. The molecule has 2 rings (SSSR count). The lowest BCUT2D eigenvalue weighted by molar-refractivity contribution is -0.121. The molecular formula is C20H26N4O2. The number of carbonyl (C=O) groups excluding carboxylic acids is 2. The molecule has 2 aromatic rings. The molecule has 0 unspecified atom stereocenters. The molecule has 6 heteroatoms. The second kappa shape index (κ2) is 10.2. The van der Waals surface area contributed by atoms with Gasteiger partial charge in [-0.2, -0.15) is 0 Å². The fraction of sp³-hybridized carbons (Fsp3) is 0.300. The standard InChI is InChI=1S/C20H26N4O2/c1-15-6-3-8-17(12-15)23-20(26)24-18-9-4-7-16(13-18)14-22-19(25)10-5-11-21-2/h3-4,6-9,12-13,21H,5,10-11,14H2,1-2H3,(H,22,25)(H2,23,24,26). The van der Waals surface area contributed by atoms with Gasteiger partial charge in [0.2, 0.25) is 5.91 Å². The molecule has 0 saturated heterocycles. The van der Waals surface area contributed by atoms with Gasteiger partial charge in [-0.25, -0.2) is 4.79 Å². The summed E-state index contributed by atoms with van der Waals surface area (Å²) in [7, 11) is 1.87. The highest BCUT2D eigenvalue weighted by Crippen LogP contribution is 2.13. The molecule has 26 heavy (non-hydrogen) atoms. The summed E-state index contributed by atoms with van der Waals surface area (Å²) in [4.78, 5) is 23.9. The highest BCUT2D eigenvalue weighted by atomic mass is 16.2. The minimum atomic E-state index is -0.302. The zero-order valence-corrected chi connectivity index (χ0v) is 15.3. The van der Waals surface area contributed by atoms with Crippen LogP contribution < -0.4 is 21.3 Å². The summed E-state index contributed by atoms with van der Waals surface area (Å²) in [5.41, 5.74) is 3.43. The number of rotatable bonds is 8. The highest BCUT2D eigenvalue weighted by molar-refractivity contribution is 5.99. The number of anilines is 2. The molecule has 0 radical (unpaired) electrons. The first-order valence-electron chi connectivity index (χ1n) is 8.72. The molecule has 0 saturated carbocycles. The molecule has 0 fully saturated rings. The van der Waals surface area contributed by atoms with Crippen molar-refractivity contribution < 1.29 is 9.59 Å². The summed E-state index contributed by atoms with van der Waals surface area (Å²) in [6.45, 7) is 3.23. The molecule has 4 N–H and O–H groups in total. The van der Waals surface area contributed by atoms with Crippen LogP contribution in [-0.4, -0.2) is 25.5 Å². The van der Waals surface area contributed by atoms with Gasteiger partial charge in [0, 0.05) is 24.3 Å². The van der Waals surface area contributed by atoms with Crippen LogP contribution in [0, 0.1) is 6.92 Å². The van der Waals surface area contributed by atoms with E-state index in [1.54, 1.807) is 0 Å². The van der Waals surface area contributed by atoms with Gasteiger partial charge in [0.15, 0.2) is 0 Å². The SMILES string of the molecule is CNCCCC(=O)NCc1cccc(NC(=O)Nc2cccc(C)c2)c1. The smallest absolute Gasteiger partial charge is 0.323 e. The first kappa shape index (κ1) is 19.5. The summed E-state index contributed by atoms with van der Waals surface area (Å²) in [6.07, 6.45) is 1.31. The molecule has 0 atom stereocenters. The second-order valence-electron chi connectivity index (χ2n) is 6.13. The van der Waals surface area contributed by atoms with E-state index in [0.29, 0.717) is 18.7 Å². The minimum absolute atomic E-state index is 0.0239. The number of nitrogens with one attached hydrogen (secondary N) is 4. The van der Waals surface area contributed by atoms with Crippen molar-refractivity contribution in [1.29, 1.82) is 0 Å². The third-order valence-corrected chi connectivity index (χ3v) is 3.78. The maximum absolute atomic E-state index is 12.1. The van der Waals surface area contributed by atoms with Gasteiger partial charge in [-0.3, -0.25) is 4.79 Å². The van der Waals surface area contributed by atoms with Gasteiger partial charge < -0.3 is 21.3 Å². The maximum atomic E-state index is 12.1. The third-order valence-electron chi connectivity index (χ3n) is 3.78. The highest BCUT2D eigenvalue weighted by Gasteiger charge is 2.05. The van der Waals surface area contributed by atoms with Crippen molar-refractivity contribution in [2.24, 2.45) is 0 Å². The molecule has 0 spiro atoms. The van der Waals surface area contributed by atoms with Crippen LogP contribution in [0.5, 0.6) is 0 Å². The summed E-state index contributed by atoms with van der Waals surface area (Å²) in [5, 5.41) is 11.5. The summed E-state index contributed by atoms with van der Waals surface area (Å²) < 4.78 is 0. The average Bonchev–Trinajstić information content (AvgIpc) is 2.60. The molecule has 0 aliphatic rings. The molecular weight excluding hydrogens is 328 g/mol. The number of urea groups is 1. The van der Waals surface area contributed by atoms with E-state index in [-0.39, 0.29) is 11.9 Å². The Balaban J connectivity index is 1.84. The van der Waals surface area contributed by atoms with Gasteiger partial charge in [0.05, 0.1) is 0 Å². The van der Waals surface area contributed by atoms with Crippen LogP contribution in [0.25, 0.3) is 0 Å². The van der Waals surface area contributed by atoms with Crippen molar-refractivity contribution in [2.45, 2.75) is 26.3 Å². The van der Waals surface area contributed by atoms with Crippen molar-refractivity contribution in [2.75, 3.05) is 24.2 Å². The molecule has 0 aliphatic carbocycles. The van der Waals surface area contributed by atoms with E-state index in [4.69, 9.17) is 0 Å². The number of hydrogen-bond acceptors (Lipinski definition) is 3. The Labute approximate surface area is 154 Å². The Morgan fingerprint density at radius 2 is 1.65 bits per heavy atom. The number of carbonyl (C=O) groups is 2. The van der Waals surface area contributed by atoms with Crippen LogP contribution in [-0.2, 0) is 11.3 Å². The molecule has 138 valence electrons. The number of benzene rings is 2. The Hall–Kier alpha value is -2.86. The van der Waals surface area contributed by atoms with Crippen molar-refractivity contribution in [1.82, 2.24) is 10.6 Å². The zero-order chi connectivity index (χ0) is 18.8. The van der Waals surface area contributed by atoms with Crippen molar-refractivity contribution >= 4 is 23.3 Å². The zero-order valence-electron chi connectivity index (χ0n) is 15.3. The van der Waals surface area contributed by atoms with Gasteiger partial charge in [0.1, 0.15) is 0 Å². The Morgan fingerprint density at radius 3 is 2.35 bits per heavy atom. The normalized spacial score (nSPS) is 10.2. The number of aryl methyl sites for hydroxylation is 1. The topological polar surface area (TPSA) is 82.3 Å². The summed E-state index contributed by atoms with van der Waals surface area (Å²) in [6, 6.07) is 14.7. The van der Waals surface area contributed by atoms with Gasteiger partial charge in [-0.1, -0.05) is 24.3 Å². The van der Waals surface area contributed by atoms with Gasteiger partial charge in [-0.05, 0) is 62.3 Å². The maximum Gasteiger partial charge on any atom is 0.323 e. The number of amides is 3. The molecule has 0 bridgehead atoms. The molecule has 6 nitrogen and oxygen atoms in total. The van der Waals surface area contributed by atoms with Crippen LogP contribution in [0.15, 0.2) is 48.5 Å². The monoisotopic (exact) mass is 354 g/mol. The van der Waals surface area contributed by atoms with E-state index in [2.05, 4.69) is 21.3 Å². The third kappa shape index (κ3) is 6.94. The van der Waals surface area contributed by atoms with E-state index in [1.165, 1.54) is 0 Å². The number of hydrogen-bond donors (Lipinski definition) is 4. The van der Waals surface area contributed by atoms with Crippen molar-refractivity contribution in [3.63, 3.8) is 0 Å². The average molecular weight is 354 g/mol. The minimum Gasteiger partial charge on any atom is -0.352 e. The molecule has 0 aliphatic heterocycles. The largest absolute Gasteiger partial charge is 0.352 e. The quantitative estimate of drug-likeness (QED) is 0.549. The van der Waals surface area contributed by atoms with Crippen molar-refractivity contribution in [3.8, 4) is 0 Å². The van der Waals surface area contributed by atoms with Crippen LogP contribution in [0.3, 0.4) is 0 Å². The van der Waals surface area contributed by atoms with Crippen LogP contribution in [0.2, 0.25) is 0 Å². The lowest BCUT2D eigenvalue weighted by Crippen LogP contribution is -2.24. The molecule has 0 aromatic heterocycles. The Kier molecular flexibility index (Phi) is 7.64. The first-order chi connectivity index (χ1) is 12.6. The van der Waals surface area contributed by atoms with Crippen LogP contribution in [0.4, 0.5) is 16.2 Å². The van der Waals surface area contributed by atoms with Crippen LogP contribution in [0.1, 0.15) is 24.0 Å². The lowest BCUT2D eigenvalue weighted by Gasteiger charge is -2.10. The van der Waals surface area contributed by atoms with Gasteiger partial charge in [-0.15, -0.1) is 0 Å². The van der Waals surface area contributed by atoms with E-state index >= 15 is 0 Å². The van der Waals surface area contributed by atoms with Gasteiger partial charge >= 0.3 is 6.03 Å². The Morgan fingerprint density at radius 1 is 0.962 bits per heavy atom. The van der Waals surface area contributed by atoms with E-state index in [1.807, 2.05) is 62.5 Å². The Bertz CT molecular complexity index is 746. The first-order valence-corrected chi connectivity index (χ1v) is 8.72. The van der Waals surface area contributed by atoms with E-state index in [9.17, 15) is 9.59 Å². The predicted octanol–water partition coefficient (Wildman–Crippen LogP) is 3.25. The van der Waals surface area contributed by atoms with E-state index in [0.717, 1.165) is 29.8 Å². The molecule has 3 amide bonds.